The molecule has 122 valence electrons. The molecule has 0 spiro atoms. The van der Waals surface area contributed by atoms with Crippen molar-refractivity contribution >= 4 is 23.2 Å². The summed E-state index contributed by atoms with van der Waals surface area (Å²) in [4.78, 5) is 25.9. The average molecular weight is 316 g/mol. The molecule has 6 nitrogen and oxygen atoms in total. The van der Waals surface area contributed by atoms with E-state index < -0.39 is 6.10 Å². The van der Waals surface area contributed by atoms with Crippen LogP contribution in [0.15, 0.2) is 30.9 Å². The number of nitrogens with one attached hydrogen (secondary N) is 1. The molecule has 23 heavy (non-hydrogen) atoms. The highest BCUT2D eigenvalue weighted by Crippen LogP contribution is 2.30. The van der Waals surface area contributed by atoms with Gasteiger partial charge >= 0.3 is 0 Å². The Kier molecular flexibility index (Phi) is 4.73. The number of fused-ring (bicyclic) bond motifs is 1. The first kappa shape index (κ1) is 15.7. The largest absolute Gasteiger partial charge is 0.376 e. The molecule has 1 aromatic rings. The molecule has 6 heteroatoms. The van der Waals surface area contributed by atoms with Gasteiger partial charge in [0, 0.05) is 17.9 Å². The van der Waals surface area contributed by atoms with Gasteiger partial charge in [0.15, 0.2) is 6.10 Å². The van der Waals surface area contributed by atoms with Crippen LogP contribution in [-0.4, -0.2) is 44.3 Å². The van der Waals surface area contributed by atoms with Crippen LogP contribution in [0.3, 0.4) is 0 Å². The second-order valence-corrected chi connectivity index (χ2v) is 5.56. The molecule has 3 rings (SSSR count). The Morgan fingerprint density at radius 1 is 1.35 bits per heavy atom. The number of rotatable bonds is 3. The maximum Gasteiger partial charge on any atom is 0.255 e. The summed E-state index contributed by atoms with van der Waals surface area (Å²) in [6.45, 7) is 5.41. The van der Waals surface area contributed by atoms with E-state index in [1.807, 2.05) is 18.2 Å². The van der Waals surface area contributed by atoms with E-state index >= 15 is 0 Å². The maximum atomic E-state index is 12.2. The fraction of sp³-hybridized carbons (Fsp3) is 0.412. The molecule has 0 aliphatic carbocycles. The van der Waals surface area contributed by atoms with Crippen molar-refractivity contribution in [3.63, 3.8) is 0 Å². The summed E-state index contributed by atoms with van der Waals surface area (Å²) < 4.78 is 10.6. The fourth-order valence-corrected chi connectivity index (χ4v) is 2.85. The molecular weight excluding hydrogens is 296 g/mol. The summed E-state index contributed by atoms with van der Waals surface area (Å²) in [5.74, 6) is -0.361. The minimum Gasteiger partial charge on any atom is -0.376 e. The normalized spacial score (nSPS) is 20.5. The van der Waals surface area contributed by atoms with Gasteiger partial charge in [0.2, 0.25) is 5.91 Å². The molecule has 0 unspecified atom stereocenters. The molecule has 0 aromatic heterocycles. The highest BCUT2D eigenvalue weighted by atomic mass is 16.6. The molecule has 2 heterocycles. The predicted octanol–water partition coefficient (Wildman–Crippen LogP) is 1.51. The zero-order valence-electron chi connectivity index (χ0n) is 12.9. The highest BCUT2D eigenvalue weighted by Gasteiger charge is 2.24. The zero-order chi connectivity index (χ0) is 16.2. The molecule has 1 aromatic carbocycles. The van der Waals surface area contributed by atoms with Crippen LogP contribution in [0.25, 0.3) is 0 Å². The van der Waals surface area contributed by atoms with E-state index in [9.17, 15) is 9.59 Å². The van der Waals surface area contributed by atoms with E-state index in [1.54, 1.807) is 4.90 Å². The molecule has 2 aliphatic rings. The van der Waals surface area contributed by atoms with Crippen LogP contribution in [0, 0.1) is 0 Å². The van der Waals surface area contributed by atoms with Crippen molar-refractivity contribution < 1.29 is 19.1 Å². The van der Waals surface area contributed by atoms with Crippen molar-refractivity contribution in [3.05, 3.63) is 36.4 Å². The average Bonchev–Trinajstić information content (AvgIpc) is 2.61. The first-order valence-electron chi connectivity index (χ1n) is 7.76. The summed E-state index contributed by atoms with van der Waals surface area (Å²) in [7, 11) is 0. The van der Waals surface area contributed by atoms with Gasteiger partial charge in [-0.2, -0.15) is 0 Å². The molecule has 1 N–H and O–H groups in total. The Morgan fingerprint density at radius 3 is 2.96 bits per heavy atom. The summed E-state index contributed by atoms with van der Waals surface area (Å²) in [6, 6.07) is 5.63. The van der Waals surface area contributed by atoms with Gasteiger partial charge in [-0.05, 0) is 36.6 Å². The third-order valence-corrected chi connectivity index (χ3v) is 4.02. The number of hydrogen-bond acceptors (Lipinski definition) is 4. The number of anilines is 2. The first-order chi connectivity index (χ1) is 11.2. The lowest BCUT2D eigenvalue weighted by atomic mass is 10.0. The van der Waals surface area contributed by atoms with Crippen molar-refractivity contribution in [2.24, 2.45) is 0 Å². The van der Waals surface area contributed by atoms with Crippen LogP contribution in [0.4, 0.5) is 11.4 Å². The topological polar surface area (TPSA) is 67.9 Å². The van der Waals surface area contributed by atoms with Gasteiger partial charge in [0.1, 0.15) is 0 Å². The van der Waals surface area contributed by atoms with Crippen molar-refractivity contribution in [2.45, 2.75) is 18.9 Å². The number of carbonyl (C=O) groups is 2. The Hall–Kier alpha value is -2.18. The number of hydrogen-bond donors (Lipinski definition) is 1. The number of ether oxygens (including phenoxy) is 2. The van der Waals surface area contributed by atoms with Crippen LogP contribution < -0.4 is 10.2 Å². The number of amides is 2. The second kappa shape index (κ2) is 6.93. The molecular formula is C17H20N2O4. The molecule has 1 fully saturated rings. The van der Waals surface area contributed by atoms with Gasteiger partial charge in [-0.3, -0.25) is 9.59 Å². The molecule has 0 saturated carbocycles. The maximum absolute atomic E-state index is 12.2. The van der Waals surface area contributed by atoms with Crippen molar-refractivity contribution in [3.8, 4) is 0 Å². The van der Waals surface area contributed by atoms with Crippen LogP contribution in [0.2, 0.25) is 0 Å². The Morgan fingerprint density at radius 2 is 2.22 bits per heavy atom. The number of aryl methyl sites for hydroxylation is 1. The summed E-state index contributed by atoms with van der Waals surface area (Å²) in [5, 5.41) is 2.83. The van der Waals surface area contributed by atoms with Crippen molar-refractivity contribution in [1.29, 1.82) is 0 Å². The van der Waals surface area contributed by atoms with Crippen molar-refractivity contribution in [2.75, 3.05) is 36.6 Å². The summed E-state index contributed by atoms with van der Waals surface area (Å²) in [5.41, 5.74) is 2.58. The molecule has 0 bridgehead atoms. The quantitative estimate of drug-likeness (QED) is 0.858. The van der Waals surface area contributed by atoms with Gasteiger partial charge in [-0.25, -0.2) is 0 Å². The SMILES string of the molecule is C=CC(=O)N1CCCc2ccc(NC(=O)[C@@H]3COCCO3)cc21. The minimum atomic E-state index is -0.592. The van der Waals surface area contributed by atoms with E-state index in [0.29, 0.717) is 25.4 Å². The lowest BCUT2D eigenvalue weighted by Gasteiger charge is -2.29. The minimum absolute atomic E-state index is 0.126. The molecule has 2 aliphatic heterocycles. The molecule has 0 radical (unpaired) electrons. The van der Waals surface area contributed by atoms with E-state index in [2.05, 4.69) is 11.9 Å². The van der Waals surface area contributed by atoms with Gasteiger partial charge < -0.3 is 19.7 Å². The fourth-order valence-electron chi connectivity index (χ4n) is 2.85. The van der Waals surface area contributed by atoms with Crippen molar-refractivity contribution in [1.82, 2.24) is 0 Å². The Balaban J connectivity index is 1.77. The van der Waals surface area contributed by atoms with E-state index in [1.165, 1.54) is 6.08 Å². The second-order valence-electron chi connectivity index (χ2n) is 5.56. The number of nitrogens with zero attached hydrogens (tertiary/aromatic N) is 1. The Labute approximate surface area is 135 Å². The summed E-state index contributed by atoms with van der Waals surface area (Å²) >= 11 is 0. The summed E-state index contributed by atoms with van der Waals surface area (Å²) in [6.07, 6.45) is 2.56. The monoisotopic (exact) mass is 316 g/mol. The van der Waals surface area contributed by atoms with Gasteiger partial charge in [-0.1, -0.05) is 12.6 Å². The number of benzene rings is 1. The van der Waals surface area contributed by atoms with Gasteiger partial charge in [-0.15, -0.1) is 0 Å². The van der Waals surface area contributed by atoms with E-state index in [0.717, 1.165) is 24.1 Å². The lowest BCUT2D eigenvalue weighted by Crippen LogP contribution is -2.39. The zero-order valence-corrected chi connectivity index (χ0v) is 12.9. The Bertz CT molecular complexity index is 623. The highest BCUT2D eigenvalue weighted by molar-refractivity contribution is 6.03. The van der Waals surface area contributed by atoms with Gasteiger partial charge in [0.25, 0.3) is 5.91 Å². The van der Waals surface area contributed by atoms with E-state index in [4.69, 9.17) is 9.47 Å². The molecule has 1 atom stereocenters. The van der Waals surface area contributed by atoms with Crippen LogP contribution in [0.5, 0.6) is 0 Å². The van der Waals surface area contributed by atoms with Crippen LogP contribution in [0.1, 0.15) is 12.0 Å². The standard InChI is InChI=1S/C17H20N2O4/c1-2-16(20)19-7-3-4-12-5-6-13(10-14(12)19)18-17(21)15-11-22-8-9-23-15/h2,5-6,10,15H,1,3-4,7-9,11H2,(H,18,21)/t15-/m0/s1. The smallest absolute Gasteiger partial charge is 0.255 e. The van der Waals surface area contributed by atoms with Crippen LogP contribution >= 0.6 is 0 Å². The third kappa shape index (κ3) is 3.43. The number of carbonyl (C=O) groups excluding carboxylic acids is 2. The lowest BCUT2D eigenvalue weighted by molar-refractivity contribution is -0.142. The third-order valence-electron chi connectivity index (χ3n) is 4.02. The van der Waals surface area contributed by atoms with E-state index in [-0.39, 0.29) is 18.4 Å². The van der Waals surface area contributed by atoms with Crippen LogP contribution in [-0.2, 0) is 25.5 Å². The molecule has 2 amide bonds. The predicted molar refractivity (Wildman–Crippen MR) is 86.5 cm³/mol. The first-order valence-corrected chi connectivity index (χ1v) is 7.76. The van der Waals surface area contributed by atoms with Gasteiger partial charge in [0.05, 0.1) is 19.8 Å². The molecule has 1 saturated heterocycles.